The van der Waals surface area contributed by atoms with Crippen LogP contribution in [0.2, 0.25) is 0 Å². The third kappa shape index (κ3) is 4.67. The maximum absolute atomic E-state index is 12.8. The van der Waals surface area contributed by atoms with Gasteiger partial charge in [-0.15, -0.1) is 0 Å². The molecule has 7 heteroatoms. The highest BCUT2D eigenvalue weighted by molar-refractivity contribution is 7.89. The average molecular weight is 440 g/mol. The van der Waals surface area contributed by atoms with Gasteiger partial charge < -0.3 is 9.88 Å². The Kier molecular flexibility index (Phi) is 6.16. The Balaban J connectivity index is 1.38. The van der Waals surface area contributed by atoms with E-state index >= 15 is 0 Å². The van der Waals surface area contributed by atoms with Crippen LogP contribution in [-0.2, 0) is 21.4 Å². The zero-order valence-corrected chi connectivity index (χ0v) is 18.8. The van der Waals surface area contributed by atoms with Crippen LogP contribution >= 0.6 is 0 Å². The van der Waals surface area contributed by atoms with E-state index in [0.717, 1.165) is 23.1 Å². The van der Waals surface area contributed by atoms with E-state index in [0.29, 0.717) is 36.7 Å². The quantitative estimate of drug-likeness (QED) is 0.621. The third-order valence-electron chi connectivity index (χ3n) is 5.81. The van der Waals surface area contributed by atoms with E-state index in [1.54, 1.807) is 30.3 Å². The lowest BCUT2D eigenvalue weighted by Gasteiger charge is -2.30. The molecular formula is C24H29N3O3S. The van der Waals surface area contributed by atoms with Gasteiger partial charge in [-0.3, -0.25) is 4.79 Å². The molecule has 6 nitrogen and oxygen atoms in total. The van der Waals surface area contributed by atoms with E-state index in [2.05, 4.69) is 36.0 Å². The van der Waals surface area contributed by atoms with Crippen molar-refractivity contribution in [2.24, 2.45) is 11.8 Å². The van der Waals surface area contributed by atoms with Crippen LogP contribution in [-0.4, -0.2) is 36.3 Å². The molecule has 164 valence electrons. The van der Waals surface area contributed by atoms with Gasteiger partial charge in [-0.25, -0.2) is 8.42 Å². The molecule has 1 N–H and O–H groups in total. The number of carbonyl (C=O) groups excluding carboxylic acids is 1. The van der Waals surface area contributed by atoms with Crippen molar-refractivity contribution in [1.82, 2.24) is 8.87 Å². The molecule has 1 saturated heterocycles. The molecule has 4 rings (SSSR count). The van der Waals surface area contributed by atoms with Gasteiger partial charge in [0, 0.05) is 48.3 Å². The number of nitrogens with zero attached hydrogens (tertiary/aromatic N) is 2. The number of benzene rings is 2. The zero-order valence-electron chi connectivity index (χ0n) is 18.0. The minimum Gasteiger partial charge on any atom is -0.347 e. The van der Waals surface area contributed by atoms with Gasteiger partial charge >= 0.3 is 0 Å². The van der Waals surface area contributed by atoms with Crippen molar-refractivity contribution in [3.05, 3.63) is 60.8 Å². The molecule has 0 bridgehead atoms. The summed E-state index contributed by atoms with van der Waals surface area (Å²) in [6.07, 6.45) is 3.12. The number of nitrogens with one attached hydrogen (secondary N) is 1. The van der Waals surface area contributed by atoms with Crippen LogP contribution < -0.4 is 5.32 Å². The fourth-order valence-electron chi connectivity index (χ4n) is 4.17. The number of amides is 1. The van der Waals surface area contributed by atoms with Crippen molar-refractivity contribution in [3.8, 4) is 0 Å². The van der Waals surface area contributed by atoms with Crippen molar-refractivity contribution >= 4 is 32.5 Å². The topological polar surface area (TPSA) is 71.4 Å². The molecule has 31 heavy (non-hydrogen) atoms. The van der Waals surface area contributed by atoms with Crippen molar-refractivity contribution in [1.29, 1.82) is 0 Å². The third-order valence-corrected chi connectivity index (χ3v) is 7.72. The molecule has 1 aromatic heterocycles. The van der Waals surface area contributed by atoms with Crippen LogP contribution in [0.5, 0.6) is 0 Å². The molecule has 0 unspecified atom stereocenters. The monoisotopic (exact) mass is 439 g/mol. The van der Waals surface area contributed by atoms with E-state index in [4.69, 9.17) is 0 Å². The molecule has 0 spiro atoms. The summed E-state index contributed by atoms with van der Waals surface area (Å²) in [4.78, 5) is 13.1. The Morgan fingerprint density at radius 1 is 1.06 bits per heavy atom. The van der Waals surface area contributed by atoms with Gasteiger partial charge in [0.15, 0.2) is 0 Å². The number of hydrogen-bond donors (Lipinski definition) is 1. The second-order valence-electron chi connectivity index (χ2n) is 8.62. The van der Waals surface area contributed by atoms with Crippen LogP contribution in [0, 0.1) is 11.8 Å². The Labute approximate surface area is 183 Å². The second kappa shape index (κ2) is 8.85. The Bertz CT molecular complexity index is 1160. The molecule has 1 amide bonds. The van der Waals surface area contributed by atoms with E-state index < -0.39 is 10.0 Å². The van der Waals surface area contributed by atoms with Crippen molar-refractivity contribution < 1.29 is 13.2 Å². The average Bonchev–Trinajstić information content (AvgIpc) is 3.15. The minimum absolute atomic E-state index is 0.0438. The molecule has 1 aliphatic rings. The van der Waals surface area contributed by atoms with Crippen LogP contribution in [0.1, 0.15) is 26.7 Å². The van der Waals surface area contributed by atoms with Gasteiger partial charge in [-0.1, -0.05) is 32.0 Å². The van der Waals surface area contributed by atoms with Gasteiger partial charge in [0.25, 0.3) is 0 Å². The Morgan fingerprint density at radius 2 is 1.77 bits per heavy atom. The van der Waals surface area contributed by atoms with Gasteiger partial charge in [0.1, 0.15) is 0 Å². The Hall–Kier alpha value is -2.64. The minimum atomic E-state index is -3.50. The lowest BCUT2D eigenvalue weighted by molar-refractivity contribution is -0.120. The Morgan fingerprint density at radius 3 is 2.45 bits per heavy atom. The van der Waals surface area contributed by atoms with Crippen molar-refractivity contribution in [2.75, 3.05) is 18.4 Å². The fourth-order valence-corrected chi connectivity index (χ4v) is 5.67. The zero-order chi connectivity index (χ0) is 22.0. The predicted molar refractivity (Wildman–Crippen MR) is 123 cm³/mol. The smallest absolute Gasteiger partial charge is 0.243 e. The van der Waals surface area contributed by atoms with Crippen molar-refractivity contribution in [3.63, 3.8) is 0 Å². The van der Waals surface area contributed by atoms with Crippen LogP contribution in [0.25, 0.3) is 10.9 Å². The maximum atomic E-state index is 12.8. The fraction of sp³-hybridized carbons (Fsp3) is 0.375. The number of aromatic nitrogens is 1. The first kappa shape index (κ1) is 21.6. The standard InChI is InChI=1S/C24H29N3O3S/c1-18(2)17-26-13-10-20-16-21(8-9-23(20)26)25-24(28)19-11-14-27(15-12-19)31(29,30)22-6-4-3-5-7-22/h3-10,13,16,18-19H,11-12,14-15,17H2,1-2H3,(H,25,28). The number of sulfonamides is 1. The van der Waals surface area contributed by atoms with Crippen LogP contribution in [0.3, 0.4) is 0 Å². The van der Waals surface area contributed by atoms with E-state index in [9.17, 15) is 13.2 Å². The van der Waals surface area contributed by atoms with E-state index in [1.807, 2.05) is 18.2 Å². The summed E-state index contributed by atoms with van der Waals surface area (Å²) >= 11 is 0. The molecule has 2 aromatic carbocycles. The molecule has 1 aliphatic heterocycles. The van der Waals surface area contributed by atoms with E-state index in [-0.39, 0.29) is 11.8 Å². The van der Waals surface area contributed by atoms with Crippen molar-refractivity contribution in [2.45, 2.75) is 38.1 Å². The first-order chi connectivity index (χ1) is 14.8. The van der Waals surface area contributed by atoms with E-state index in [1.165, 1.54) is 4.31 Å². The number of rotatable bonds is 6. The first-order valence-corrected chi connectivity index (χ1v) is 12.2. The predicted octanol–water partition coefficient (Wildman–Crippen LogP) is 4.34. The summed E-state index contributed by atoms with van der Waals surface area (Å²) in [5.41, 5.74) is 1.94. The molecule has 1 fully saturated rings. The number of piperidine rings is 1. The molecule has 3 aromatic rings. The summed E-state index contributed by atoms with van der Waals surface area (Å²) in [5.74, 6) is 0.327. The summed E-state index contributed by atoms with van der Waals surface area (Å²) in [7, 11) is -3.50. The molecule has 0 aliphatic carbocycles. The lowest BCUT2D eigenvalue weighted by Crippen LogP contribution is -2.41. The second-order valence-corrected chi connectivity index (χ2v) is 10.6. The molecule has 0 saturated carbocycles. The van der Waals surface area contributed by atoms with Gasteiger partial charge in [-0.05, 0) is 55.2 Å². The van der Waals surface area contributed by atoms with Crippen LogP contribution in [0.15, 0.2) is 65.7 Å². The SMILES string of the molecule is CC(C)Cn1ccc2cc(NC(=O)C3CCN(S(=O)(=O)c4ccccc4)CC3)ccc21. The first-order valence-electron chi connectivity index (χ1n) is 10.8. The largest absolute Gasteiger partial charge is 0.347 e. The van der Waals surface area contributed by atoms with Gasteiger partial charge in [-0.2, -0.15) is 4.31 Å². The van der Waals surface area contributed by atoms with Gasteiger partial charge in [0.05, 0.1) is 4.90 Å². The summed E-state index contributed by atoms with van der Waals surface area (Å²) < 4.78 is 29.3. The highest BCUT2D eigenvalue weighted by atomic mass is 32.2. The summed E-state index contributed by atoms with van der Waals surface area (Å²) in [6.45, 7) is 6.05. The molecule has 0 radical (unpaired) electrons. The maximum Gasteiger partial charge on any atom is 0.243 e. The number of anilines is 1. The molecule has 0 atom stereocenters. The number of hydrogen-bond acceptors (Lipinski definition) is 3. The molecule has 2 heterocycles. The van der Waals surface area contributed by atoms with Crippen LogP contribution in [0.4, 0.5) is 5.69 Å². The normalized spacial score (nSPS) is 16.1. The van der Waals surface area contributed by atoms with Gasteiger partial charge in [0.2, 0.25) is 15.9 Å². The highest BCUT2D eigenvalue weighted by Gasteiger charge is 2.32. The molecular weight excluding hydrogens is 410 g/mol. The lowest BCUT2D eigenvalue weighted by atomic mass is 9.97. The summed E-state index contributed by atoms with van der Waals surface area (Å²) in [6, 6.07) is 16.5. The summed E-state index contributed by atoms with van der Waals surface area (Å²) in [5, 5.41) is 4.12. The number of fused-ring (bicyclic) bond motifs is 1. The number of carbonyl (C=O) groups is 1. The highest BCUT2D eigenvalue weighted by Crippen LogP contribution is 2.26.